The smallest absolute Gasteiger partial charge is 0.407 e. The fourth-order valence-corrected chi connectivity index (χ4v) is 2.63. The molecule has 0 radical (unpaired) electrons. The van der Waals surface area contributed by atoms with Crippen LogP contribution in [-0.2, 0) is 13.0 Å². The van der Waals surface area contributed by atoms with Crippen molar-refractivity contribution in [2.75, 3.05) is 12.3 Å². The molecule has 1 aliphatic rings. The van der Waals surface area contributed by atoms with Gasteiger partial charge >= 0.3 is 6.09 Å². The van der Waals surface area contributed by atoms with E-state index in [4.69, 9.17) is 10.8 Å². The number of aromatic nitrogens is 1. The molecule has 0 saturated heterocycles. The summed E-state index contributed by atoms with van der Waals surface area (Å²) in [6, 6.07) is 9.91. The Labute approximate surface area is 116 Å². The molecule has 5 nitrogen and oxygen atoms in total. The van der Waals surface area contributed by atoms with E-state index >= 15 is 0 Å². The van der Waals surface area contributed by atoms with E-state index in [1.165, 1.54) is 4.90 Å². The number of hydrogen-bond acceptors (Lipinski definition) is 3. The first-order chi connectivity index (χ1) is 9.66. The third-order valence-corrected chi connectivity index (χ3v) is 3.60. The molecule has 102 valence electrons. The third kappa shape index (κ3) is 2.07. The van der Waals surface area contributed by atoms with Crippen LogP contribution in [0.5, 0.6) is 0 Å². The van der Waals surface area contributed by atoms with E-state index in [0.29, 0.717) is 25.2 Å². The summed E-state index contributed by atoms with van der Waals surface area (Å²) in [5.41, 5.74) is 10.6. The number of nitrogen functional groups attached to an aromatic ring is 1. The summed E-state index contributed by atoms with van der Waals surface area (Å²) in [5, 5.41) is 9.08. The lowest BCUT2D eigenvalue weighted by Crippen LogP contribution is -2.35. The Morgan fingerprint density at radius 2 is 2.05 bits per heavy atom. The van der Waals surface area contributed by atoms with E-state index in [1.807, 2.05) is 30.3 Å². The number of fused-ring (bicyclic) bond motifs is 1. The average Bonchev–Trinajstić information content (AvgIpc) is 2.47. The molecule has 5 heteroatoms. The zero-order valence-corrected chi connectivity index (χ0v) is 10.9. The van der Waals surface area contributed by atoms with E-state index in [1.54, 1.807) is 6.20 Å². The number of nitrogens with two attached hydrogens (primary N) is 1. The highest BCUT2D eigenvalue weighted by molar-refractivity contribution is 5.80. The van der Waals surface area contributed by atoms with Crippen LogP contribution in [0.25, 0.3) is 11.1 Å². The first kappa shape index (κ1) is 12.5. The minimum atomic E-state index is -0.907. The SMILES string of the molecule is Nc1cnc2c(c1-c1ccccc1)CCN(C(=O)O)C2. The van der Waals surface area contributed by atoms with Crippen LogP contribution >= 0.6 is 0 Å². The van der Waals surface area contributed by atoms with Crippen molar-refractivity contribution >= 4 is 11.8 Å². The van der Waals surface area contributed by atoms with Crippen LogP contribution in [0, 0.1) is 0 Å². The van der Waals surface area contributed by atoms with Gasteiger partial charge in [-0.3, -0.25) is 4.98 Å². The van der Waals surface area contributed by atoms with Crippen molar-refractivity contribution in [2.45, 2.75) is 13.0 Å². The van der Waals surface area contributed by atoms with E-state index in [0.717, 1.165) is 22.4 Å². The van der Waals surface area contributed by atoms with Gasteiger partial charge in [-0.05, 0) is 17.5 Å². The number of anilines is 1. The van der Waals surface area contributed by atoms with Crippen LogP contribution in [0.4, 0.5) is 10.5 Å². The molecule has 0 saturated carbocycles. The maximum Gasteiger partial charge on any atom is 0.407 e. The van der Waals surface area contributed by atoms with E-state index in [9.17, 15) is 4.79 Å². The van der Waals surface area contributed by atoms with Crippen LogP contribution < -0.4 is 5.73 Å². The number of pyridine rings is 1. The number of carbonyl (C=O) groups is 1. The molecule has 1 amide bonds. The normalized spacial score (nSPS) is 13.9. The number of carboxylic acid groups (broad SMARTS) is 1. The van der Waals surface area contributed by atoms with Crippen LogP contribution in [0.1, 0.15) is 11.3 Å². The second-order valence-electron chi connectivity index (χ2n) is 4.83. The number of hydrogen-bond donors (Lipinski definition) is 2. The van der Waals surface area contributed by atoms with Gasteiger partial charge in [0.25, 0.3) is 0 Å². The predicted molar refractivity (Wildman–Crippen MR) is 76.2 cm³/mol. The van der Waals surface area contributed by atoms with E-state index < -0.39 is 6.09 Å². The summed E-state index contributed by atoms with van der Waals surface area (Å²) in [4.78, 5) is 16.7. The Kier molecular flexibility index (Phi) is 3.02. The number of rotatable bonds is 1. The molecule has 0 bridgehead atoms. The van der Waals surface area contributed by atoms with Crippen molar-refractivity contribution in [1.29, 1.82) is 0 Å². The van der Waals surface area contributed by atoms with Gasteiger partial charge in [0.15, 0.2) is 0 Å². The number of amides is 1. The maximum atomic E-state index is 11.1. The first-order valence-corrected chi connectivity index (χ1v) is 6.46. The molecule has 3 rings (SSSR count). The van der Waals surface area contributed by atoms with E-state index in [2.05, 4.69) is 4.98 Å². The van der Waals surface area contributed by atoms with Crippen molar-refractivity contribution in [2.24, 2.45) is 0 Å². The molecule has 3 N–H and O–H groups in total. The second kappa shape index (κ2) is 4.85. The molecule has 0 fully saturated rings. The zero-order chi connectivity index (χ0) is 14.1. The molecule has 0 atom stereocenters. The van der Waals surface area contributed by atoms with Gasteiger partial charge in [0.05, 0.1) is 24.1 Å². The Bertz CT molecular complexity index is 656. The van der Waals surface area contributed by atoms with Crippen LogP contribution in [0.2, 0.25) is 0 Å². The Morgan fingerprint density at radius 3 is 2.75 bits per heavy atom. The second-order valence-corrected chi connectivity index (χ2v) is 4.83. The molecule has 1 aliphatic heterocycles. The molecule has 2 aromatic rings. The lowest BCUT2D eigenvalue weighted by Gasteiger charge is -2.27. The predicted octanol–water partition coefficient (Wildman–Crippen LogP) is 2.37. The summed E-state index contributed by atoms with van der Waals surface area (Å²) in [6.45, 7) is 0.804. The van der Waals surface area contributed by atoms with Crippen LogP contribution in [0.3, 0.4) is 0 Å². The minimum absolute atomic E-state index is 0.324. The molecule has 2 heterocycles. The zero-order valence-electron chi connectivity index (χ0n) is 10.9. The Morgan fingerprint density at radius 1 is 1.30 bits per heavy atom. The van der Waals surface area contributed by atoms with Crippen molar-refractivity contribution in [3.63, 3.8) is 0 Å². The van der Waals surface area contributed by atoms with Gasteiger partial charge in [0, 0.05) is 12.1 Å². The Hall–Kier alpha value is -2.56. The monoisotopic (exact) mass is 269 g/mol. The summed E-state index contributed by atoms with van der Waals surface area (Å²) < 4.78 is 0. The van der Waals surface area contributed by atoms with Crippen molar-refractivity contribution < 1.29 is 9.90 Å². The minimum Gasteiger partial charge on any atom is -0.465 e. The van der Waals surface area contributed by atoms with Gasteiger partial charge in [-0.2, -0.15) is 0 Å². The molecule has 0 unspecified atom stereocenters. The summed E-state index contributed by atoms with van der Waals surface area (Å²) in [6.07, 6.45) is 1.35. The molecule has 20 heavy (non-hydrogen) atoms. The standard InChI is InChI=1S/C15H15N3O2/c16-12-8-17-13-9-18(15(19)20)7-6-11(13)14(12)10-4-2-1-3-5-10/h1-5,8H,6-7,9,16H2,(H,19,20). The van der Waals surface area contributed by atoms with Gasteiger partial charge in [-0.15, -0.1) is 0 Å². The van der Waals surface area contributed by atoms with Crippen molar-refractivity contribution in [1.82, 2.24) is 9.88 Å². The van der Waals surface area contributed by atoms with Crippen LogP contribution in [-0.4, -0.2) is 27.6 Å². The summed E-state index contributed by atoms with van der Waals surface area (Å²) >= 11 is 0. The number of nitrogens with zero attached hydrogens (tertiary/aromatic N) is 2. The summed E-state index contributed by atoms with van der Waals surface area (Å²) in [5.74, 6) is 0. The highest BCUT2D eigenvalue weighted by Gasteiger charge is 2.24. The summed E-state index contributed by atoms with van der Waals surface area (Å²) in [7, 11) is 0. The van der Waals surface area contributed by atoms with Crippen molar-refractivity contribution in [3.8, 4) is 11.1 Å². The van der Waals surface area contributed by atoms with Gasteiger partial charge in [0.1, 0.15) is 0 Å². The van der Waals surface area contributed by atoms with E-state index in [-0.39, 0.29) is 0 Å². The third-order valence-electron chi connectivity index (χ3n) is 3.60. The topological polar surface area (TPSA) is 79.5 Å². The lowest BCUT2D eigenvalue weighted by molar-refractivity contribution is 0.139. The first-order valence-electron chi connectivity index (χ1n) is 6.46. The molecular formula is C15H15N3O2. The van der Waals surface area contributed by atoms with Gasteiger partial charge < -0.3 is 15.7 Å². The van der Waals surface area contributed by atoms with Crippen LogP contribution in [0.15, 0.2) is 36.5 Å². The fourth-order valence-electron chi connectivity index (χ4n) is 2.63. The number of benzene rings is 1. The van der Waals surface area contributed by atoms with Gasteiger partial charge in [-0.1, -0.05) is 30.3 Å². The maximum absolute atomic E-state index is 11.1. The Balaban J connectivity index is 2.09. The molecule has 0 spiro atoms. The van der Waals surface area contributed by atoms with Gasteiger partial charge in [0.2, 0.25) is 0 Å². The molecular weight excluding hydrogens is 254 g/mol. The molecule has 0 aliphatic carbocycles. The average molecular weight is 269 g/mol. The molecule has 1 aromatic carbocycles. The largest absolute Gasteiger partial charge is 0.465 e. The quantitative estimate of drug-likeness (QED) is 0.833. The highest BCUT2D eigenvalue weighted by atomic mass is 16.4. The van der Waals surface area contributed by atoms with Crippen molar-refractivity contribution in [3.05, 3.63) is 47.8 Å². The van der Waals surface area contributed by atoms with Gasteiger partial charge in [-0.25, -0.2) is 4.79 Å². The highest BCUT2D eigenvalue weighted by Crippen LogP contribution is 2.33. The lowest BCUT2D eigenvalue weighted by atomic mass is 9.93. The fraction of sp³-hybridized carbons (Fsp3) is 0.200. The molecule has 1 aromatic heterocycles.